The third-order valence-electron chi connectivity index (χ3n) is 4.23. The van der Waals surface area contributed by atoms with Crippen molar-refractivity contribution in [3.63, 3.8) is 0 Å². The van der Waals surface area contributed by atoms with Crippen LogP contribution in [0.4, 0.5) is 4.39 Å². The van der Waals surface area contributed by atoms with E-state index in [9.17, 15) is 19.1 Å². The van der Waals surface area contributed by atoms with Gasteiger partial charge in [0.1, 0.15) is 5.82 Å². The normalized spacial score (nSPS) is 15.1. The van der Waals surface area contributed by atoms with Gasteiger partial charge in [0.15, 0.2) is 0 Å². The number of aromatic nitrogens is 2. The molecule has 1 aromatic carbocycles. The lowest BCUT2D eigenvalue weighted by atomic mass is 9.99. The molecule has 2 aromatic rings. The molecule has 0 saturated heterocycles. The number of carbonyl (C=O) groups excluding carboxylic acids is 1. The van der Waals surface area contributed by atoms with E-state index in [0.717, 1.165) is 18.5 Å². The summed E-state index contributed by atoms with van der Waals surface area (Å²) in [6.07, 6.45) is 3.58. The monoisotopic (exact) mass is 331 g/mol. The van der Waals surface area contributed by atoms with Gasteiger partial charge in [-0.15, -0.1) is 0 Å². The molecule has 1 heterocycles. The first-order chi connectivity index (χ1) is 11.5. The van der Waals surface area contributed by atoms with E-state index in [-0.39, 0.29) is 12.5 Å². The quantitative estimate of drug-likeness (QED) is 0.848. The molecule has 1 aromatic heterocycles. The van der Waals surface area contributed by atoms with Crippen molar-refractivity contribution in [1.82, 2.24) is 15.1 Å². The number of halogens is 1. The highest BCUT2D eigenvalue weighted by Crippen LogP contribution is 2.41. The van der Waals surface area contributed by atoms with E-state index in [2.05, 4.69) is 10.4 Å². The van der Waals surface area contributed by atoms with Crippen LogP contribution in [0.2, 0.25) is 0 Å². The molecule has 1 aliphatic carbocycles. The van der Waals surface area contributed by atoms with Gasteiger partial charge in [0.25, 0.3) is 5.91 Å². The maximum atomic E-state index is 13.0. The lowest BCUT2D eigenvalue weighted by Gasteiger charge is -2.14. The van der Waals surface area contributed by atoms with E-state index in [4.69, 9.17) is 0 Å². The van der Waals surface area contributed by atoms with E-state index in [1.54, 1.807) is 11.7 Å². The van der Waals surface area contributed by atoms with Gasteiger partial charge in [-0.1, -0.05) is 12.1 Å². The SMILES string of the molecule is Cn1ncc(C(=O)NCC(C(=O)O)c2ccc(F)cc2)c1C1CC1. The molecule has 24 heavy (non-hydrogen) atoms. The van der Waals surface area contributed by atoms with Crippen molar-refractivity contribution >= 4 is 11.9 Å². The molecule has 2 N–H and O–H groups in total. The second-order valence-corrected chi connectivity index (χ2v) is 5.99. The Morgan fingerprint density at radius 2 is 2.04 bits per heavy atom. The van der Waals surface area contributed by atoms with Gasteiger partial charge in [0.05, 0.1) is 23.4 Å². The minimum atomic E-state index is -1.07. The molecular formula is C17H18FN3O3. The van der Waals surface area contributed by atoms with Crippen LogP contribution >= 0.6 is 0 Å². The Labute approximate surface area is 138 Å². The predicted octanol–water partition coefficient (Wildman–Crippen LogP) is 2.03. The molecule has 0 bridgehead atoms. The number of nitrogens with zero attached hydrogens (tertiary/aromatic N) is 2. The van der Waals surface area contributed by atoms with Crippen LogP contribution in [-0.2, 0) is 11.8 Å². The summed E-state index contributed by atoms with van der Waals surface area (Å²) in [5.41, 5.74) is 1.82. The largest absolute Gasteiger partial charge is 0.481 e. The third kappa shape index (κ3) is 3.29. The van der Waals surface area contributed by atoms with Gasteiger partial charge in [-0.05, 0) is 30.5 Å². The number of amides is 1. The summed E-state index contributed by atoms with van der Waals surface area (Å²) in [5.74, 6) is -2.42. The van der Waals surface area contributed by atoms with Crippen LogP contribution in [0.3, 0.4) is 0 Å². The summed E-state index contributed by atoms with van der Waals surface area (Å²) in [6, 6.07) is 5.25. The van der Waals surface area contributed by atoms with Crippen LogP contribution in [0.15, 0.2) is 30.5 Å². The van der Waals surface area contributed by atoms with Gasteiger partial charge in [-0.2, -0.15) is 5.10 Å². The molecule has 0 aliphatic heterocycles. The molecule has 1 fully saturated rings. The minimum absolute atomic E-state index is 0.0706. The van der Waals surface area contributed by atoms with Crippen molar-refractivity contribution < 1.29 is 19.1 Å². The maximum absolute atomic E-state index is 13.0. The maximum Gasteiger partial charge on any atom is 0.312 e. The standard InChI is InChI=1S/C17H18FN3O3/c1-21-15(11-2-3-11)14(9-20-21)16(22)19-8-13(17(23)24)10-4-6-12(18)7-5-10/h4-7,9,11,13H,2-3,8H2,1H3,(H,19,22)(H,23,24). The molecule has 1 aliphatic rings. The van der Waals surface area contributed by atoms with Crippen LogP contribution < -0.4 is 5.32 Å². The zero-order valence-electron chi connectivity index (χ0n) is 13.2. The lowest BCUT2D eigenvalue weighted by Crippen LogP contribution is -2.32. The van der Waals surface area contributed by atoms with E-state index in [1.165, 1.54) is 30.5 Å². The summed E-state index contributed by atoms with van der Waals surface area (Å²) < 4.78 is 14.7. The van der Waals surface area contributed by atoms with E-state index >= 15 is 0 Å². The van der Waals surface area contributed by atoms with Crippen molar-refractivity contribution in [2.75, 3.05) is 6.54 Å². The highest BCUT2D eigenvalue weighted by molar-refractivity contribution is 5.95. The zero-order chi connectivity index (χ0) is 17.3. The van der Waals surface area contributed by atoms with Gasteiger partial charge in [-0.25, -0.2) is 4.39 Å². The highest BCUT2D eigenvalue weighted by Gasteiger charge is 2.32. The van der Waals surface area contributed by atoms with Gasteiger partial charge in [0.2, 0.25) is 0 Å². The van der Waals surface area contributed by atoms with Crippen LogP contribution in [0.5, 0.6) is 0 Å². The summed E-state index contributed by atoms with van der Waals surface area (Å²) in [4.78, 5) is 23.9. The Bertz CT molecular complexity index is 766. The molecule has 0 radical (unpaired) electrons. The van der Waals surface area contributed by atoms with Crippen LogP contribution in [0, 0.1) is 5.82 Å². The van der Waals surface area contributed by atoms with Gasteiger partial charge in [-0.3, -0.25) is 14.3 Å². The van der Waals surface area contributed by atoms with E-state index in [1.807, 2.05) is 0 Å². The fraction of sp³-hybridized carbons (Fsp3) is 0.353. The van der Waals surface area contributed by atoms with Gasteiger partial charge in [0, 0.05) is 19.5 Å². The van der Waals surface area contributed by atoms with Crippen molar-refractivity contribution in [3.8, 4) is 0 Å². The zero-order valence-corrected chi connectivity index (χ0v) is 13.2. The predicted molar refractivity (Wildman–Crippen MR) is 84.3 cm³/mol. The van der Waals surface area contributed by atoms with Crippen molar-refractivity contribution in [1.29, 1.82) is 0 Å². The number of hydrogen-bond donors (Lipinski definition) is 2. The Morgan fingerprint density at radius 1 is 1.38 bits per heavy atom. The first kappa shape index (κ1) is 16.2. The molecule has 1 atom stereocenters. The van der Waals surface area contributed by atoms with Crippen LogP contribution in [0.25, 0.3) is 0 Å². The molecular weight excluding hydrogens is 313 g/mol. The Balaban J connectivity index is 1.72. The Hall–Kier alpha value is -2.70. The highest BCUT2D eigenvalue weighted by atomic mass is 19.1. The smallest absolute Gasteiger partial charge is 0.312 e. The number of rotatable bonds is 6. The lowest BCUT2D eigenvalue weighted by molar-refractivity contribution is -0.138. The van der Waals surface area contributed by atoms with Crippen LogP contribution in [0.1, 0.15) is 46.3 Å². The Morgan fingerprint density at radius 3 is 2.62 bits per heavy atom. The summed E-state index contributed by atoms with van der Waals surface area (Å²) in [7, 11) is 1.79. The first-order valence-corrected chi connectivity index (χ1v) is 7.75. The second-order valence-electron chi connectivity index (χ2n) is 5.99. The van der Waals surface area contributed by atoms with E-state index < -0.39 is 17.7 Å². The van der Waals surface area contributed by atoms with Gasteiger partial charge >= 0.3 is 5.97 Å². The third-order valence-corrected chi connectivity index (χ3v) is 4.23. The number of aryl methyl sites for hydroxylation is 1. The molecule has 1 unspecified atom stereocenters. The fourth-order valence-corrected chi connectivity index (χ4v) is 2.80. The van der Waals surface area contributed by atoms with Gasteiger partial charge < -0.3 is 10.4 Å². The first-order valence-electron chi connectivity index (χ1n) is 7.75. The Kier molecular flexibility index (Phi) is 4.33. The fourth-order valence-electron chi connectivity index (χ4n) is 2.80. The number of aliphatic carboxylic acids is 1. The summed E-state index contributed by atoms with van der Waals surface area (Å²) in [6.45, 7) is -0.0706. The topological polar surface area (TPSA) is 84.2 Å². The number of carbonyl (C=O) groups is 2. The summed E-state index contributed by atoms with van der Waals surface area (Å²) in [5, 5.41) is 16.2. The molecule has 6 nitrogen and oxygen atoms in total. The average Bonchev–Trinajstić information content (AvgIpc) is 3.31. The van der Waals surface area contributed by atoms with Crippen molar-refractivity contribution in [2.24, 2.45) is 7.05 Å². The molecule has 1 saturated carbocycles. The number of carboxylic acid groups (broad SMARTS) is 1. The number of benzene rings is 1. The molecule has 126 valence electrons. The second kappa shape index (κ2) is 6.43. The molecule has 0 spiro atoms. The molecule has 1 amide bonds. The minimum Gasteiger partial charge on any atom is -0.481 e. The molecule has 3 rings (SSSR count). The van der Waals surface area contributed by atoms with Crippen molar-refractivity contribution in [3.05, 3.63) is 53.1 Å². The van der Waals surface area contributed by atoms with E-state index in [0.29, 0.717) is 17.0 Å². The number of nitrogens with one attached hydrogen (secondary N) is 1. The number of hydrogen-bond acceptors (Lipinski definition) is 3. The van der Waals surface area contributed by atoms with Crippen LogP contribution in [-0.4, -0.2) is 33.3 Å². The van der Waals surface area contributed by atoms with Crippen molar-refractivity contribution in [2.45, 2.75) is 24.7 Å². The number of carboxylic acids is 1. The summed E-state index contributed by atoms with van der Waals surface area (Å²) >= 11 is 0. The molecule has 7 heteroatoms. The average molecular weight is 331 g/mol.